The number of carbonyl (C=O) groups excluding carboxylic acids is 1. The number of carboxylic acids is 2. The van der Waals surface area contributed by atoms with Gasteiger partial charge in [0.05, 0.1) is 0 Å². The number of nitrogens with one attached hydrogen (secondary N) is 1. The van der Waals surface area contributed by atoms with E-state index in [-0.39, 0.29) is 29.6 Å². The third-order valence-corrected chi connectivity index (χ3v) is 6.13. The van der Waals surface area contributed by atoms with Crippen molar-refractivity contribution in [2.75, 3.05) is 0 Å². The van der Waals surface area contributed by atoms with Crippen molar-refractivity contribution in [3.63, 3.8) is 0 Å². The monoisotopic (exact) mass is 577 g/mol. The summed E-state index contributed by atoms with van der Waals surface area (Å²) in [6.45, 7) is 3.87. The Hall–Kier alpha value is -4.13. The highest BCUT2D eigenvalue weighted by Gasteiger charge is 2.20. The Kier molecular flexibility index (Phi) is 19.3. The van der Waals surface area contributed by atoms with Crippen LogP contribution >= 0.6 is 0 Å². The summed E-state index contributed by atoms with van der Waals surface area (Å²) in [5, 5.41) is 30.5. The number of hydrogen-bond donors (Lipinski definition) is 4. The average Bonchev–Trinajstić information content (AvgIpc) is 2.93. The molecular formula is C35H47NO6. The van der Waals surface area contributed by atoms with E-state index < -0.39 is 18.0 Å². The van der Waals surface area contributed by atoms with Gasteiger partial charge in [0.2, 0.25) is 5.91 Å². The third kappa shape index (κ3) is 18.3. The number of hydrogen-bond acceptors (Lipinski definition) is 4. The molecule has 0 aliphatic carbocycles. The van der Waals surface area contributed by atoms with E-state index >= 15 is 0 Å². The molecule has 0 radical (unpaired) electrons. The van der Waals surface area contributed by atoms with Gasteiger partial charge in [0.15, 0.2) is 0 Å². The van der Waals surface area contributed by atoms with E-state index in [4.69, 9.17) is 5.11 Å². The number of amides is 1. The molecule has 7 heteroatoms. The zero-order valence-electron chi connectivity index (χ0n) is 25.0. The van der Waals surface area contributed by atoms with Crippen LogP contribution in [0, 0.1) is 5.92 Å². The molecule has 0 heterocycles. The molecular weight excluding hydrogens is 530 g/mol. The first kappa shape index (κ1) is 35.9. The van der Waals surface area contributed by atoms with Gasteiger partial charge >= 0.3 is 11.9 Å². The molecule has 1 atom stereocenters. The van der Waals surface area contributed by atoms with Crippen molar-refractivity contribution in [2.45, 2.75) is 84.1 Å². The van der Waals surface area contributed by atoms with Gasteiger partial charge in [-0.25, -0.2) is 9.59 Å². The Balaban J connectivity index is 2.06. The fraction of sp³-hybridized carbons (Fsp3) is 0.400. The number of phenols is 1. The molecule has 1 unspecified atom stereocenters. The topological polar surface area (TPSA) is 124 Å². The Bertz CT molecular complexity index is 1140. The molecule has 0 saturated heterocycles. The maximum atomic E-state index is 11.9. The minimum Gasteiger partial charge on any atom is -0.507 e. The third-order valence-electron chi connectivity index (χ3n) is 6.13. The first-order chi connectivity index (χ1) is 20.2. The van der Waals surface area contributed by atoms with Crippen molar-refractivity contribution in [1.82, 2.24) is 5.32 Å². The Morgan fingerprint density at radius 3 is 1.64 bits per heavy atom. The molecule has 42 heavy (non-hydrogen) atoms. The summed E-state index contributed by atoms with van der Waals surface area (Å²) < 4.78 is 0. The Morgan fingerprint density at radius 2 is 1.21 bits per heavy atom. The number of aryl methyl sites for hydroxylation is 1. The summed E-state index contributed by atoms with van der Waals surface area (Å²) in [6, 6.07) is 3.87. The van der Waals surface area contributed by atoms with Crippen LogP contribution in [-0.2, 0) is 16.0 Å². The number of aliphatic carboxylic acids is 1. The number of carboxylic acid groups (broad SMARTS) is 2. The summed E-state index contributed by atoms with van der Waals surface area (Å²) in [4.78, 5) is 34.1. The van der Waals surface area contributed by atoms with Crippen LogP contribution in [0.4, 0.5) is 0 Å². The normalized spacial score (nSPS) is 13.1. The molecule has 0 fully saturated rings. The van der Waals surface area contributed by atoms with Crippen LogP contribution < -0.4 is 5.32 Å². The second kappa shape index (κ2) is 22.5. The SMILES string of the molecule is CC(C)CC(NC(=O)CC/C=C\C/C=C\C/C=C\C/C=C\C/C=C\C/C=C\CCc1ccc(C(=O)O)c(O)c1)C(=O)O. The molecule has 0 aromatic heterocycles. The lowest BCUT2D eigenvalue weighted by molar-refractivity contribution is -0.142. The van der Waals surface area contributed by atoms with Gasteiger partial charge < -0.3 is 20.6 Å². The summed E-state index contributed by atoms with van der Waals surface area (Å²) in [6.07, 6.45) is 32.4. The molecule has 0 saturated carbocycles. The minimum atomic E-state index is -1.13. The van der Waals surface area contributed by atoms with Gasteiger partial charge in [-0.05, 0) is 81.4 Å². The first-order valence-corrected chi connectivity index (χ1v) is 14.7. The lowest BCUT2D eigenvalue weighted by Crippen LogP contribution is -2.41. The summed E-state index contributed by atoms with van der Waals surface area (Å²) >= 11 is 0. The van der Waals surface area contributed by atoms with Crippen LogP contribution in [0.2, 0.25) is 0 Å². The molecule has 1 rings (SSSR count). The number of allylic oxidation sites excluding steroid dienone is 12. The molecule has 7 nitrogen and oxygen atoms in total. The largest absolute Gasteiger partial charge is 0.507 e. The lowest BCUT2D eigenvalue weighted by Gasteiger charge is -2.16. The quantitative estimate of drug-likeness (QED) is 0.111. The zero-order chi connectivity index (χ0) is 31.0. The van der Waals surface area contributed by atoms with Crippen LogP contribution in [0.1, 0.15) is 87.6 Å². The molecule has 0 bridgehead atoms. The molecule has 4 N–H and O–H groups in total. The van der Waals surface area contributed by atoms with E-state index in [1.165, 1.54) is 12.1 Å². The van der Waals surface area contributed by atoms with E-state index in [0.29, 0.717) is 12.8 Å². The number of rotatable bonds is 21. The van der Waals surface area contributed by atoms with Crippen LogP contribution in [0.3, 0.4) is 0 Å². The fourth-order valence-corrected chi connectivity index (χ4v) is 3.93. The second-order valence-corrected chi connectivity index (χ2v) is 10.3. The van der Waals surface area contributed by atoms with Crippen LogP contribution in [0.25, 0.3) is 0 Å². The minimum absolute atomic E-state index is 0.0758. The van der Waals surface area contributed by atoms with Crippen molar-refractivity contribution >= 4 is 17.8 Å². The van der Waals surface area contributed by atoms with Crippen molar-refractivity contribution in [1.29, 1.82) is 0 Å². The molecule has 0 aliphatic rings. The number of carbonyl (C=O) groups is 3. The Morgan fingerprint density at radius 1 is 0.738 bits per heavy atom. The van der Waals surface area contributed by atoms with Gasteiger partial charge in [-0.3, -0.25) is 4.79 Å². The van der Waals surface area contributed by atoms with Gasteiger partial charge in [-0.1, -0.05) is 92.8 Å². The van der Waals surface area contributed by atoms with Crippen molar-refractivity contribution in [2.24, 2.45) is 5.92 Å². The number of aromatic hydroxyl groups is 1. The van der Waals surface area contributed by atoms with Crippen LogP contribution in [-0.4, -0.2) is 39.2 Å². The summed E-state index contributed by atoms with van der Waals surface area (Å²) in [5.74, 6) is -2.33. The number of benzene rings is 1. The number of aromatic carboxylic acids is 1. The Labute approximate surface area is 250 Å². The van der Waals surface area contributed by atoms with Gasteiger partial charge in [-0.2, -0.15) is 0 Å². The maximum absolute atomic E-state index is 11.9. The molecule has 0 spiro atoms. The molecule has 1 aromatic carbocycles. The van der Waals surface area contributed by atoms with Crippen LogP contribution in [0.5, 0.6) is 5.75 Å². The average molecular weight is 578 g/mol. The molecule has 1 aromatic rings. The van der Waals surface area contributed by atoms with E-state index in [9.17, 15) is 24.6 Å². The molecule has 228 valence electrons. The maximum Gasteiger partial charge on any atom is 0.339 e. The summed E-state index contributed by atoms with van der Waals surface area (Å²) in [7, 11) is 0. The van der Waals surface area contributed by atoms with Crippen LogP contribution in [0.15, 0.2) is 91.1 Å². The highest BCUT2D eigenvalue weighted by atomic mass is 16.4. The highest BCUT2D eigenvalue weighted by molar-refractivity contribution is 5.90. The van der Waals surface area contributed by atoms with E-state index in [1.54, 1.807) is 6.07 Å². The summed E-state index contributed by atoms with van der Waals surface area (Å²) in [5.41, 5.74) is 0.834. The molecule has 1 amide bonds. The lowest BCUT2D eigenvalue weighted by atomic mass is 10.0. The van der Waals surface area contributed by atoms with Crippen molar-refractivity contribution in [3.05, 3.63) is 102 Å². The van der Waals surface area contributed by atoms with E-state index in [1.807, 2.05) is 26.0 Å². The van der Waals surface area contributed by atoms with E-state index in [2.05, 4.69) is 66.1 Å². The standard InChI is InChI=1S/C35H47NO6/c1-28(2)26-31(35(41)42)36-33(38)23-21-19-17-15-13-11-9-7-5-3-4-6-8-10-12-14-16-18-20-22-29-24-25-30(34(39)40)32(37)27-29/h4-7,10-13,16-19,24-25,27-28,31,37H,3,8-9,14-15,20-23,26H2,1-2H3,(H,36,38)(H,39,40)(H,41,42)/b6-4-,7-5-,12-10-,13-11-,18-16-,19-17-. The van der Waals surface area contributed by atoms with Gasteiger partial charge in [0.1, 0.15) is 17.4 Å². The second-order valence-electron chi connectivity index (χ2n) is 10.3. The smallest absolute Gasteiger partial charge is 0.339 e. The van der Waals surface area contributed by atoms with Gasteiger partial charge in [0.25, 0.3) is 0 Å². The van der Waals surface area contributed by atoms with Crippen molar-refractivity contribution < 1.29 is 29.7 Å². The van der Waals surface area contributed by atoms with Gasteiger partial charge in [-0.15, -0.1) is 0 Å². The predicted octanol–water partition coefficient (Wildman–Crippen LogP) is 7.71. The first-order valence-electron chi connectivity index (χ1n) is 14.7. The molecule has 0 aliphatic heterocycles. The fourth-order valence-electron chi connectivity index (χ4n) is 3.93. The van der Waals surface area contributed by atoms with Crippen molar-refractivity contribution in [3.8, 4) is 5.75 Å². The predicted molar refractivity (Wildman–Crippen MR) is 170 cm³/mol. The zero-order valence-corrected chi connectivity index (χ0v) is 25.0. The van der Waals surface area contributed by atoms with Gasteiger partial charge in [0, 0.05) is 6.42 Å². The highest BCUT2D eigenvalue weighted by Crippen LogP contribution is 2.19. The van der Waals surface area contributed by atoms with E-state index in [0.717, 1.165) is 50.5 Å².